The van der Waals surface area contributed by atoms with Gasteiger partial charge in [0.1, 0.15) is 5.75 Å². The Morgan fingerprint density at radius 2 is 2.24 bits per heavy atom. The molecule has 0 aromatic heterocycles. The van der Waals surface area contributed by atoms with Crippen molar-refractivity contribution in [3.8, 4) is 5.75 Å². The van der Waals surface area contributed by atoms with Crippen molar-refractivity contribution >= 4 is 17.5 Å². The summed E-state index contributed by atoms with van der Waals surface area (Å²) in [6.45, 7) is 6.58. The highest BCUT2D eigenvalue weighted by Crippen LogP contribution is 2.21. The molecule has 0 heterocycles. The van der Waals surface area contributed by atoms with Gasteiger partial charge >= 0.3 is 0 Å². The molecule has 1 N–H and O–H groups in total. The van der Waals surface area contributed by atoms with Crippen molar-refractivity contribution < 1.29 is 9.94 Å². The lowest BCUT2D eigenvalue weighted by Crippen LogP contribution is -2.05. The SMILES string of the molecule is CCSCCOc1cc(C)ccc1/C(C)=N/O. The second-order valence-corrected chi connectivity index (χ2v) is 5.12. The van der Waals surface area contributed by atoms with Gasteiger partial charge in [0.05, 0.1) is 12.3 Å². The highest BCUT2D eigenvalue weighted by atomic mass is 32.2. The summed E-state index contributed by atoms with van der Waals surface area (Å²) in [6.07, 6.45) is 0. The molecule has 0 saturated carbocycles. The van der Waals surface area contributed by atoms with E-state index in [0.29, 0.717) is 12.3 Å². The van der Waals surface area contributed by atoms with Gasteiger partial charge in [0.2, 0.25) is 0 Å². The number of nitrogens with zero attached hydrogens (tertiary/aromatic N) is 1. The number of rotatable bonds is 6. The molecule has 0 amide bonds. The maximum absolute atomic E-state index is 8.82. The third-order valence-electron chi connectivity index (χ3n) is 2.37. The van der Waals surface area contributed by atoms with Crippen molar-refractivity contribution in [2.45, 2.75) is 20.8 Å². The van der Waals surface area contributed by atoms with Crippen molar-refractivity contribution in [3.63, 3.8) is 0 Å². The molecule has 4 heteroatoms. The topological polar surface area (TPSA) is 41.8 Å². The number of hydrogen-bond donors (Lipinski definition) is 1. The van der Waals surface area contributed by atoms with E-state index in [-0.39, 0.29) is 0 Å². The fraction of sp³-hybridized carbons (Fsp3) is 0.462. The van der Waals surface area contributed by atoms with Crippen LogP contribution >= 0.6 is 11.8 Å². The van der Waals surface area contributed by atoms with Crippen molar-refractivity contribution in [1.82, 2.24) is 0 Å². The molecule has 3 nitrogen and oxygen atoms in total. The maximum atomic E-state index is 8.82. The first-order chi connectivity index (χ1) is 8.19. The number of oxime groups is 1. The molecule has 1 rings (SSSR count). The summed E-state index contributed by atoms with van der Waals surface area (Å²) < 4.78 is 5.73. The molecule has 0 bridgehead atoms. The Bertz CT molecular complexity index is 391. The van der Waals surface area contributed by atoms with Crippen LogP contribution in [-0.4, -0.2) is 29.0 Å². The Hall–Kier alpha value is -1.16. The first-order valence-electron chi connectivity index (χ1n) is 5.69. The quantitative estimate of drug-likeness (QED) is 0.366. The molecule has 0 atom stereocenters. The minimum atomic E-state index is 0.572. The molecule has 17 heavy (non-hydrogen) atoms. The van der Waals surface area contributed by atoms with E-state index in [2.05, 4.69) is 12.1 Å². The van der Waals surface area contributed by atoms with Crippen molar-refractivity contribution in [2.24, 2.45) is 5.16 Å². The fourth-order valence-corrected chi connectivity index (χ4v) is 1.95. The van der Waals surface area contributed by atoms with Gasteiger partial charge < -0.3 is 9.94 Å². The zero-order valence-electron chi connectivity index (χ0n) is 10.6. The highest BCUT2D eigenvalue weighted by Gasteiger charge is 2.07. The maximum Gasteiger partial charge on any atom is 0.128 e. The molecule has 0 saturated heterocycles. The Morgan fingerprint density at radius 1 is 1.47 bits per heavy atom. The lowest BCUT2D eigenvalue weighted by Gasteiger charge is -2.11. The Morgan fingerprint density at radius 3 is 2.88 bits per heavy atom. The molecule has 0 spiro atoms. The summed E-state index contributed by atoms with van der Waals surface area (Å²) in [4.78, 5) is 0. The van der Waals surface area contributed by atoms with Crippen LogP contribution in [0.4, 0.5) is 0 Å². The van der Waals surface area contributed by atoms with E-state index in [4.69, 9.17) is 9.94 Å². The zero-order valence-corrected chi connectivity index (χ0v) is 11.4. The first-order valence-corrected chi connectivity index (χ1v) is 6.84. The van der Waals surface area contributed by atoms with Gasteiger partial charge in [0.15, 0.2) is 0 Å². The molecular weight excluding hydrogens is 234 g/mol. The minimum Gasteiger partial charge on any atom is -0.492 e. The van der Waals surface area contributed by atoms with Gasteiger partial charge in [-0.25, -0.2) is 0 Å². The van der Waals surface area contributed by atoms with E-state index < -0.39 is 0 Å². The second kappa shape index (κ2) is 7.22. The van der Waals surface area contributed by atoms with Crippen LogP contribution in [0.15, 0.2) is 23.4 Å². The predicted octanol–water partition coefficient (Wildman–Crippen LogP) is 3.33. The van der Waals surface area contributed by atoms with Gasteiger partial charge in [-0.15, -0.1) is 0 Å². The van der Waals surface area contributed by atoms with Gasteiger partial charge in [0.25, 0.3) is 0 Å². The molecule has 1 aromatic rings. The minimum absolute atomic E-state index is 0.572. The van der Waals surface area contributed by atoms with E-state index in [1.807, 2.05) is 36.9 Å². The second-order valence-electron chi connectivity index (χ2n) is 3.73. The van der Waals surface area contributed by atoms with Crippen molar-refractivity contribution in [1.29, 1.82) is 0 Å². The molecule has 0 aliphatic carbocycles. The van der Waals surface area contributed by atoms with Crippen LogP contribution in [0.25, 0.3) is 0 Å². The van der Waals surface area contributed by atoms with Crippen LogP contribution in [0.2, 0.25) is 0 Å². The number of aryl methyl sites for hydroxylation is 1. The molecule has 0 aliphatic rings. The van der Waals surface area contributed by atoms with Crippen LogP contribution in [0.3, 0.4) is 0 Å². The fourth-order valence-electron chi connectivity index (χ4n) is 1.46. The summed E-state index contributed by atoms with van der Waals surface area (Å²) in [5.74, 6) is 2.86. The van der Waals surface area contributed by atoms with Crippen LogP contribution in [-0.2, 0) is 0 Å². The van der Waals surface area contributed by atoms with Crippen LogP contribution in [0, 0.1) is 6.92 Å². The van der Waals surface area contributed by atoms with E-state index >= 15 is 0 Å². The molecular formula is C13H19NO2S. The van der Waals surface area contributed by atoms with Crippen molar-refractivity contribution in [3.05, 3.63) is 29.3 Å². The van der Waals surface area contributed by atoms with Gasteiger partial charge in [-0.1, -0.05) is 18.1 Å². The Kier molecular flexibility index (Phi) is 5.91. The van der Waals surface area contributed by atoms with Crippen LogP contribution in [0.1, 0.15) is 25.0 Å². The Balaban J connectivity index is 2.77. The van der Waals surface area contributed by atoms with Gasteiger partial charge in [-0.05, 0) is 37.3 Å². The molecule has 0 unspecified atom stereocenters. The van der Waals surface area contributed by atoms with Crippen LogP contribution in [0.5, 0.6) is 5.75 Å². The van der Waals surface area contributed by atoms with Crippen molar-refractivity contribution in [2.75, 3.05) is 18.1 Å². The zero-order chi connectivity index (χ0) is 12.7. The van der Waals surface area contributed by atoms with E-state index in [1.165, 1.54) is 0 Å². The number of thioether (sulfide) groups is 1. The van der Waals surface area contributed by atoms with Gasteiger partial charge in [0, 0.05) is 11.3 Å². The lowest BCUT2D eigenvalue weighted by molar-refractivity contribution is 0.317. The van der Waals surface area contributed by atoms with E-state index in [0.717, 1.165) is 28.4 Å². The standard InChI is InChI=1S/C13H19NO2S/c1-4-17-8-7-16-13-9-10(2)5-6-12(13)11(3)14-15/h5-6,9,15H,4,7-8H2,1-3H3/b14-11+. The third kappa shape index (κ3) is 4.30. The molecule has 1 aromatic carbocycles. The van der Waals surface area contributed by atoms with E-state index in [1.54, 1.807) is 6.92 Å². The number of ether oxygens (including phenoxy) is 1. The number of hydrogen-bond acceptors (Lipinski definition) is 4. The summed E-state index contributed by atoms with van der Waals surface area (Å²) in [6, 6.07) is 5.88. The monoisotopic (exact) mass is 253 g/mol. The first kappa shape index (κ1) is 13.9. The number of benzene rings is 1. The summed E-state index contributed by atoms with van der Waals surface area (Å²) >= 11 is 1.85. The predicted molar refractivity (Wildman–Crippen MR) is 73.7 cm³/mol. The molecule has 94 valence electrons. The average molecular weight is 253 g/mol. The lowest BCUT2D eigenvalue weighted by atomic mass is 10.1. The van der Waals surface area contributed by atoms with E-state index in [9.17, 15) is 0 Å². The molecule has 0 aliphatic heterocycles. The third-order valence-corrected chi connectivity index (χ3v) is 3.23. The highest BCUT2D eigenvalue weighted by molar-refractivity contribution is 7.99. The molecule has 0 fully saturated rings. The summed E-state index contributed by atoms with van der Waals surface area (Å²) in [7, 11) is 0. The summed E-state index contributed by atoms with van der Waals surface area (Å²) in [5.41, 5.74) is 2.56. The van der Waals surface area contributed by atoms with Gasteiger partial charge in [-0.3, -0.25) is 0 Å². The largest absolute Gasteiger partial charge is 0.492 e. The normalized spacial score (nSPS) is 11.6. The van der Waals surface area contributed by atoms with Gasteiger partial charge in [-0.2, -0.15) is 11.8 Å². The average Bonchev–Trinajstić information content (AvgIpc) is 2.34. The van der Waals surface area contributed by atoms with Crippen LogP contribution < -0.4 is 4.74 Å². The summed E-state index contributed by atoms with van der Waals surface area (Å²) in [5, 5.41) is 12.0. The smallest absolute Gasteiger partial charge is 0.128 e. The molecule has 0 radical (unpaired) electrons. The Labute approximate surface area is 107 Å².